The molecule has 0 radical (unpaired) electrons. The number of ketones is 2. The van der Waals surface area contributed by atoms with Gasteiger partial charge in [0.05, 0.1) is 13.5 Å². The zero-order valence-corrected chi connectivity index (χ0v) is 9.23. The monoisotopic (exact) mass is 218 g/mol. The Balaban J connectivity index is 2.16. The van der Waals surface area contributed by atoms with Gasteiger partial charge in [0.1, 0.15) is 17.3 Å². The fourth-order valence-electron chi connectivity index (χ4n) is 2.10. The number of hydrogen-bond acceptors (Lipinski definition) is 3. The summed E-state index contributed by atoms with van der Waals surface area (Å²) in [4.78, 5) is 22.7. The number of carbonyl (C=O) groups is 2. The van der Waals surface area contributed by atoms with Crippen LogP contribution in [0.15, 0.2) is 24.3 Å². The molecule has 1 aromatic rings. The lowest BCUT2D eigenvalue weighted by Crippen LogP contribution is -2.21. The molecule has 0 heterocycles. The zero-order valence-electron chi connectivity index (χ0n) is 9.23. The van der Waals surface area contributed by atoms with Crippen LogP contribution in [0.2, 0.25) is 0 Å². The van der Waals surface area contributed by atoms with Crippen molar-refractivity contribution >= 4 is 11.6 Å². The molecule has 1 aromatic carbocycles. The minimum absolute atomic E-state index is 0.0528. The van der Waals surface area contributed by atoms with Gasteiger partial charge in [-0.1, -0.05) is 12.1 Å². The minimum atomic E-state index is 0.0528. The van der Waals surface area contributed by atoms with Gasteiger partial charge in [-0.25, -0.2) is 0 Å². The molecule has 0 saturated heterocycles. The highest BCUT2D eigenvalue weighted by Crippen LogP contribution is 2.30. The summed E-state index contributed by atoms with van der Waals surface area (Å²) in [5.74, 6) is 0.950. The Morgan fingerprint density at radius 2 is 1.62 bits per heavy atom. The number of ether oxygens (including phenoxy) is 1. The molecule has 1 saturated carbocycles. The Morgan fingerprint density at radius 1 is 1.06 bits per heavy atom. The van der Waals surface area contributed by atoms with Crippen molar-refractivity contribution in [2.45, 2.75) is 25.2 Å². The van der Waals surface area contributed by atoms with Gasteiger partial charge in [0.15, 0.2) is 0 Å². The van der Waals surface area contributed by atoms with Crippen LogP contribution in [-0.2, 0) is 9.59 Å². The van der Waals surface area contributed by atoms with E-state index in [1.807, 2.05) is 24.3 Å². The van der Waals surface area contributed by atoms with Crippen LogP contribution >= 0.6 is 0 Å². The normalized spacial score (nSPS) is 17.6. The second-order valence-electron chi connectivity index (χ2n) is 4.13. The van der Waals surface area contributed by atoms with E-state index >= 15 is 0 Å². The van der Waals surface area contributed by atoms with Crippen LogP contribution in [-0.4, -0.2) is 18.7 Å². The molecule has 0 aliphatic heterocycles. The molecule has 1 aliphatic carbocycles. The van der Waals surface area contributed by atoms with Crippen LogP contribution in [0.5, 0.6) is 5.75 Å². The first-order chi connectivity index (χ1) is 7.69. The molecule has 0 bridgehead atoms. The Kier molecular flexibility index (Phi) is 3.04. The minimum Gasteiger partial charge on any atom is -0.497 e. The van der Waals surface area contributed by atoms with Crippen molar-refractivity contribution in [2.24, 2.45) is 0 Å². The van der Waals surface area contributed by atoms with Crippen LogP contribution in [0.4, 0.5) is 0 Å². The number of methoxy groups -OCH3 is 1. The fourth-order valence-corrected chi connectivity index (χ4v) is 2.10. The average molecular weight is 218 g/mol. The third-order valence-electron chi connectivity index (χ3n) is 2.93. The highest BCUT2D eigenvalue weighted by atomic mass is 16.5. The van der Waals surface area contributed by atoms with E-state index in [9.17, 15) is 9.59 Å². The molecule has 0 N–H and O–H groups in total. The Bertz CT molecular complexity index is 390. The molecule has 3 nitrogen and oxygen atoms in total. The third kappa shape index (κ3) is 2.30. The highest BCUT2D eigenvalue weighted by molar-refractivity contribution is 6.02. The standard InChI is InChI=1S/C13H14O3/c1-16-13-4-2-9(3-5-13)10-6-11(14)8-12(15)7-10/h2-5,10H,6-8H2,1H3. The Morgan fingerprint density at radius 3 is 2.12 bits per heavy atom. The first-order valence-electron chi connectivity index (χ1n) is 5.36. The van der Waals surface area contributed by atoms with Crippen LogP contribution in [0.25, 0.3) is 0 Å². The van der Waals surface area contributed by atoms with Crippen molar-refractivity contribution in [2.75, 3.05) is 7.11 Å². The third-order valence-corrected chi connectivity index (χ3v) is 2.93. The summed E-state index contributed by atoms with van der Waals surface area (Å²) in [5, 5.41) is 0. The van der Waals surface area contributed by atoms with Crippen LogP contribution < -0.4 is 4.74 Å². The molecule has 1 aliphatic rings. The SMILES string of the molecule is COc1ccc(C2CC(=O)CC(=O)C2)cc1. The summed E-state index contributed by atoms with van der Waals surface area (Å²) in [6.07, 6.45) is 1.09. The first-order valence-corrected chi connectivity index (χ1v) is 5.36. The Labute approximate surface area is 94.4 Å². The molecule has 3 heteroatoms. The van der Waals surface area contributed by atoms with E-state index in [0.717, 1.165) is 11.3 Å². The van der Waals surface area contributed by atoms with E-state index in [4.69, 9.17) is 4.74 Å². The van der Waals surface area contributed by atoms with Crippen molar-refractivity contribution in [1.29, 1.82) is 0 Å². The van der Waals surface area contributed by atoms with Gasteiger partial charge >= 0.3 is 0 Å². The van der Waals surface area contributed by atoms with Gasteiger partial charge in [0, 0.05) is 12.8 Å². The fraction of sp³-hybridized carbons (Fsp3) is 0.385. The second-order valence-corrected chi connectivity index (χ2v) is 4.13. The molecule has 0 unspecified atom stereocenters. The summed E-state index contributed by atoms with van der Waals surface area (Å²) in [5.41, 5.74) is 1.04. The van der Waals surface area contributed by atoms with E-state index in [1.165, 1.54) is 0 Å². The first kappa shape index (κ1) is 10.9. The van der Waals surface area contributed by atoms with Gasteiger partial charge in [-0.2, -0.15) is 0 Å². The van der Waals surface area contributed by atoms with Crippen molar-refractivity contribution in [3.8, 4) is 5.75 Å². The summed E-state index contributed by atoms with van der Waals surface area (Å²) in [6.45, 7) is 0. The van der Waals surface area contributed by atoms with E-state index in [1.54, 1.807) is 7.11 Å². The predicted octanol–water partition coefficient (Wildman–Crippen LogP) is 2.10. The molecule has 2 rings (SSSR count). The van der Waals surface area contributed by atoms with Crippen molar-refractivity contribution < 1.29 is 14.3 Å². The quantitative estimate of drug-likeness (QED) is 0.714. The maximum Gasteiger partial charge on any atom is 0.140 e. The van der Waals surface area contributed by atoms with Gasteiger partial charge in [0.25, 0.3) is 0 Å². The van der Waals surface area contributed by atoms with Crippen LogP contribution in [0.1, 0.15) is 30.7 Å². The van der Waals surface area contributed by atoms with Crippen molar-refractivity contribution in [1.82, 2.24) is 0 Å². The lowest BCUT2D eigenvalue weighted by molar-refractivity contribution is -0.130. The molecular weight excluding hydrogens is 204 g/mol. The Hall–Kier alpha value is -1.64. The molecule has 0 spiro atoms. The summed E-state index contributed by atoms with van der Waals surface area (Å²) < 4.78 is 5.06. The highest BCUT2D eigenvalue weighted by Gasteiger charge is 2.26. The number of hydrogen-bond donors (Lipinski definition) is 0. The van der Waals surface area contributed by atoms with E-state index < -0.39 is 0 Å². The maximum absolute atomic E-state index is 11.3. The van der Waals surface area contributed by atoms with Gasteiger partial charge in [0.2, 0.25) is 0 Å². The number of benzene rings is 1. The topological polar surface area (TPSA) is 43.4 Å². The van der Waals surface area contributed by atoms with E-state index in [-0.39, 0.29) is 23.9 Å². The average Bonchev–Trinajstić information content (AvgIpc) is 2.28. The smallest absolute Gasteiger partial charge is 0.140 e. The van der Waals surface area contributed by atoms with Gasteiger partial charge in [-0.05, 0) is 23.6 Å². The largest absolute Gasteiger partial charge is 0.497 e. The molecule has 1 fully saturated rings. The number of Topliss-reactive ketones (excluding diaryl/α,β-unsaturated/α-hetero) is 2. The molecular formula is C13H14O3. The summed E-state index contributed by atoms with van der Waals surface area (Å²) in [6, 6.07) is 7.57. The van der Waals surface area contributed by atoms with Gasteiger partial charge in [-0.3, -0.25) is 9.59 Å². The zero-order chi connectivity index (χ0) is 11.5. The van der Waals surface area contributed by atoms with Crippen LogP contribution in [0.3, 0.4) is 0 Å². The maximum atomic E-state index is 11.3. The lowest BCUT2D eigenvalue weighted by atomic mass is 9.83. The summed E-state index contributed by atoms with van der Waals surface area (Å²) in [7, 11) is 1.61. The molecule has 0 amide bonds. The van der Waals surface area contributed by atoms with E-state index in [2.05, 4.69) is 0 Å². The van der Waals surface area contributed by atoms with Crippen molar-refractivity contribution in [3.05, 3.63) is 29.8 Å². The number of rotatable bonds is 2. The summed E-state index contributed by atoms with van der Waals surface area (Å²) >= 11 is 0. The van der Waals surface area contributed by atoms with Gasteiger partial charge in [-0.15, -0.1) is 0 Å². The molecule has 84 valence electrons. The lowest BCUT2D eigenvalue weighted by Gasteiger charge is -2.20. The van der Waals surface area contributed by atoms with Gasteiger partial charge < -0.3 is 4.74 Å². The van der Waals surface area contributed by atoms with Crippen molar-refractivity contribution in [3.63, 3.8) is 0 Å². The predicted molar refractivity (Wildman–Crippen MR) is 59.6 cm³/mol. The molecule has 16 heavy (non-hydrogen) atoms. The number of carbonyl (C=O) groups excluding carboxylic acids is 2. The molecule has 0 aromatic heterocycles. The van der Waals surface area contributed by atoms with Crippen LogP contribution in [0, 0.1) is 0 Å². The second kappa shape index (κ2) is 4.47. The van der Waals surface area contributed by atoms with E-state index in [0.29, 0.717) is 12.8 Å². The molecule has 0 atom stereocenters.